The maximum absolute atomic E-state index is 13.3. The summed E-state index contributed by atoms with van der Waals surface area (Å²) in [6.07, 6.45) is 7.26. The molecule has 0 heterocycles. The van der Waals surface area contributed by atoms with Crippen molar-refractivity contribution in [2.45, 2.75) is 97.6 Å². The van der Waals surface area contributed by atoms with Gasteiger partial charge in [-0.1, -0.05) is 6.92 Å². The van der Waals surface area contributed by atoms with Crippen molar-refractivity contribution >= 4 is 11.9 Å². The first-order valence-electron chi connectivity index (χ1n) is 12.8. The number of methoxy groups -OCH3 is 1. The Morgan fingerprint density at radius 2 is 1.82 bits per heavy atom. The minimum Gasteiger partial charge on any atom is -0.507 e. The summed E-state index contributed by atoms with van der Waals surface area (Å²) in [5.74, 6) is 1.93. The number of carbonyl (C=O) groups excluding carboxylic acids is 2. The van der Waals surface area contributed by atoms with Crippen LogP contribution in [0.25, 0.3) is 0 Å². The molecule has 2 fully saturated rings. The van der Waals surface area contributed by atoms with Gasteiger partial charge in [-0.25, -0.2) is 4.79 Å². The molecule has 33 heavy (non-hydrogen) atoms. The molecule has 0 radical (unpaired) electrons. The quantitative estimate of drug-likeness (QED) is 0.580. The third-order valence-corrected chi connectivity index (χ3v) is 9.26. The predicted molar refractivity (Wildman–Crippen MR) is 129 cm³/mol. The van der Waals surface area contributed by atoms with Gasteiger partial charge in [0.1, 0.15) is 11.3 Å². The highest BCUT2D eigenvalue weighted by Crippen LogP contribution is 2.63. The van der Waals surface area contributed by atoms with Gasteiger partial charge in [0.2, 0.25) is 5.91 Å². The molecule has 0 aromatic heterocycles. The van der Waals surface area contributed by atoms with Crippen LogP contribution in [0.5, 0.6) is 5.75 Å². The van der Waals surface area contributed by atoms with Gasteiger partial charge in [0.25, 0.3) is 0 Å². The first kappa shape index (κ1) is 24.1. The third kappa shape index (κ3) is 4.06. The molecule has 1 aromatic rings. The lowest BCUT2D eigenvalue weighted by Gasteiger charge is -2.51. The van der Waals surface area contributed by atoms with E-state index in [0.717, 1.165) is 32.1 Å². The first-order valence-corrected chi connectivity index (χ1v) is 12.8. The van der Waals surface area contributed by atoms with Crippen LogP contribution in [-0.4, -0.2) is 41.1 Å². The van der Waals surface area contributed by atoms with Gasteiger partial charge >= 0.3 is 5.97 Å². The van der Waals surface area contributed by atoms with Crippen molar-refractivity contribution in [3.05, 3.63) is 28.8 Å². The Morgan fingerprint density at radius 1 is 1.12 bits per heavy atom. The van der Waals surface area contributed by atoms with E-state index in [0.29, 0.717) is 36.0 Å². The first-order chi connectivity index (χ1) is 15.6. The molecule has 1 amide bonds. The number of amides is 1. The Bertz CT molecular complexity index is 915. The molecule has 4 rings (SSSR count). The predicted octanol–water partition coefficient (Wildman–Crippen LogP) is 5.69. The molecule has 0 spiro atoms. The second kappa shape index (κ2) is 8.96. The normalized spacial score (nSPS) is 30.5. The molecule has 3 aliphatic carbocycles. The topological polar surface area (TPSA) is 66.8 Å². The Labute approximate surface area is 198 Å². The number of hydrogen-bond donors (Lipinski definition) is 1. The Balaban J connectivity index is 1.56. The summed E-state index contributed by atoms with van der Waals surface area (Å²) in [4.78, 5) is 27.5. The second-order valence-electron chi connectivity index (χ2n) is 11.5. The van der Waals surface area contributed by atoms with E-state index in [9.17, 15) is 14.7 Å². The molecule has 0 unspecified atom stereocenters. The largest absolute Gasteiger partial charge is 0.507 e. The molecule has 5 atom stereocenters. The number of nitrogens with zero attached hydrogens (tertiary/aromatic N) is 1. The fraction of sp³-hybridized carbons (Fsp3) is 0.714. The van der Waals surface area contributed by atoms with Crippen molar-refractivity contribution in [1.29, 1.82) is 0 Å². The van der Waals surface area contributed by atoms with Crippen molar-refractivity contribution in [2.75, 3.05) is 7.11 Å². The highest BCUT2D eigenvalue weighted by molar-refractivity contribution is 5.92. The lowest BCUT2D eigenvalue weighted by atomic mass is 9.54. The van der Waals surface area contributed by atoms with E-state index in [1.54, 1.807) is 6.07 Å². The van der Waals surface area contributed by atoms with Crippen LogP contribution in [0.3, 0.4) is 0 Å². The van der Waals surface area contributed by atoms with Gasteiger partial charge in [-0.2, -0.15) is 0 Å². The zero-order valence-electron chi connectivity index (χ0n) is 21.2. The van der Waals surface area contributed by atoms with Gasteiger partial charge in [0.15, 0.2) is 0 Å². The number of fused-ring (bicyclic) bond motifs is 5. The van der Waals surface area contributed by atoms with E-state index in [-0.39, 0.29) is 28.8 Å². The summed E-state index contributed by atoms with van der Waals surface area (Å²) in [5, 5.41) is 10.4. The van der Waals surface area contributed by atoms with Gasteiger partial charge in [0, 0.05) is 18.5 Å². The van der Waals surface area contributed by atoms with E-state index in [4.69, 9.17) is 4.74 Å². The van der Waals surface area contributed by atoms with Crippen molar-refractivity contribution in [2.24, 2.45) is 23.2 Å². The van der Waals surface area contributed by atoms with Gasteiger partial charge in [-0.3, -0.25) is 4.79 Å². The maximum Gasteiger partial charge on any atom is 0.341 e. The molecule has 1 aromatic carbocycles. The molecule has 0 bridgehead atoms. The number of phenols is 1. The molecule has 1 N–H and O–H groups in total. The molecule has 3 aliphatic rings. The summed E-state index contributed by atoms with van der Waals surface area (Å²) in [5.41, 5.74) is 2.90. The van der Waals surface area contributed by atoms with E-state index < -0.39 is 5.97 Å². The van der Waals surface area contributed by atoms with Crippen molar-refractivity contribution in [3.8, 4) is 5.75 Å². The minimum absolute atomic E-state index is 0.0269. The second-order valence-corrected chi connectivity index (χ2v) is 11.5. The number of phenolic OH excluding ortho intramolecular Hbond substituents is 1. The molecular weight excluding hydrogens is 414 g/mol. The number of benzene rings is 1. The monoisotopic (exact) mass is 455 g/mol. The molecule has 5 heteroatoms. The number of hydrogen-bond acceptors (Lipinski definition) is 4. The van der Waals surface area contributed by atoms with Gasteiger partial charge in [-0.05, 0) is 119 Å². The number of ether oxygens (including phenoxy) is 1. The number of esters is 1. The Morgan fingerprint density at radius 3 is 2.45 bits per heavy atom. The number of rotatable bonds is 5. The summed E-state index contributed by atoms with van der Waals surface area (Å²) in [7, 11) is 1.36. The number of aromatic hydroxyl groups is 1. The van der Waals surface area contributed by atoms with E-state index >= 15 is 0 Å². The van der Waals surface area contributed by atoms with Crippen LogP contribution in [0.4, 0.5) is 0 Å². The van der Waals surface area contributed by atoms with Crippen LogP contribution in [0, 0.1) is 23.2 Å². The van der Waals surface area contributed by atoms with Crippen LogP contribution in [-0.2, 0) is 16.0 Å². The lowest BCUT2D eigenvalue weighted by molar-refractivity contribution is -0.137. The van der Waals surface area contributed by atoms with Crippen LogP contribution < -0.4 is 0 Å². The molecule has 0 saturated heterocycles. The van der Waals surface area contributed by atoms with Crippen LogP contribution in [0.15, 0.2) is 12.1 Å². The summed E-state index contributed by atoms with van der Waals surface area (Å²) in [6, 6.07) is 4.14. The summed E-state index contributed by atoms with van der Waals surface area (Å²) in [6.45, 7) is 10.9. The van der Waals surface area contributed by atoms with E-state index in [2.05, 4.69) is 39.5 Å². The zero-order chi connectivity index (χ0) is 24.1. The molecule has 182 valence electrons. The summed E-state index contributed by atoms with van der Waals surface area (Å²) < 4.78 is 4.90. The smallest absolute Gasteiger partial charge is 0.341 e. The molecule has 5 nitrogen and oxygen atoms in total. The number of carbonyl (C=O) groups is 2. The lowest BCUT2D eigenvalue weighted by Crippen LogP contribution is -2.46. The van der Waals surface area contributed by atoms with Crippen LogP contribution >= 0.6 is 0 Å². The molecule has 2 saturated carbocycles. The zero-order valence-corrected chi connectivity index (χ0v) is 21.2. The van der Waals surface area contributed by atoms with Crippen molar-refractivity contribution in [3.63, 3.8) is 0 Å². The highest BCUT2D eigenvalue weighted by Gasteiger charge is 2.55. The number of aryl methyl sites for hydroxylation is 1. The Hall–Kier alpha value is -2.04. The highest BCUT2D eigenvalue weighted by atomic mass is 16.5. The Kier molecular flexibility index (Phi) is 6.54. The van der Waals surface area contributed by atoms with E-state index in [1.807, 2.05) is 6.07 Å². The summed E-state index contributed by atoms with van der Waals surface area (Å²) >= 11 is 0. The van der Waals surface area contributed by atoms with Crippen LogP contribution in [0.2, 0.25) is 0 Å². The van der Waals surface area contributed by atoms with Gasteiger partial charge in [-0.15, -0.1) is 0 Å². The minimum atomic E-state index is -0.475. The van der Waals surface area contributed by atoms with Crippen molar-refractivity contribution < 1.29 is 19.4 Å². The third-order valence-electron chi connectivity index (χ3n) is 9.26. The average Bonchev–Trinajstić information content (AvgIpc) is 3.08. The van der Waals surface area contributed by atoms with Crippen LogP contribution in [0.1, 0.15) is 101 Å². The van der Waals surface area contributed by atoms with Crippen molar-refractivity contribution in [1.82, 2.24) is 4.90 Å². The molecular formula is C28H41NO4. The fourth-order valence-electron chi connectivity index (χ4n) is 7.81. The van der Waals surface area contributed by atoms with Gasteiger partial charge in [0.05, 0.1) is 7.11 Å². The van der Waals surface area contributed by atoms with Gasteiger partial charge < -0.3 is 14.7 Å². The SMILES string of the molecule is COC(=O)c1cc2c(cc1O)CC[C@@H]1[C@@H]2CC[C@]2(C)[C@@H](CC(=O)N(C(C)C)C(C)C)CC[C@@H]12. The average molecular weight is 456 g/mol. The molecule has 0 aliphatic heterocycles. The standard InChI is InChI=1S/C28H41NO4/c1-16(2)29(17(3)4)26(31)14-19-8-10-24-21-9-7-18-13-25(30)23(27(32)33-6)15-22(18)20(21)11-12-28(19,24)5/h13,15-17,19-21,24,30H,7-12,14H2,1-6H3/t19-,20+,21-,24+,28-/m1/s1. The fourth-order valence-corrected chi connectivity index (χ4v) is 7.81. The maximum atomic E-state index is 13.3. The van der Waals surface area contributed by atoms with E-state index in [1.165, 1.54) is 24.7 Å².